The molecule has 9 heteroatoms. The number of halogens is 3. The van der Waals surface area contributed by atoms with Crippen LogP contribution in [0.25, 0.3) is 0 Å². The summed E-state index contributed by atoms with van der Waals surface area (Å²) in [7, 11) is -1.77. The molecule has 0 aliphatic carbocycles. The third-order valence-corrected chi connectivity index (χ3v) is 6.40. The predicted octanol–water partition coefficient (Wildman–Crippen LogP) is 3.52. The first-order valence-electron chi connectivity index (χ1n) is 8.51. The standard InChI is InChI=1S/C18H20F3N3O2S/c1-23(13-14-4-6-15(7-5-14)18(19,20)21)17-9-8-16(12-22-17)27(25,26)24-10-2-3-11-24/h4-9,12H,2-3,10-11,13H2,1H3. The summed E-state index contributed by atoms with van der Waals surface area (Å²) in [4.78, 5) is 6.10. The maximum Gasteiger partial charge on any atom is 0.416 e. The molecule has 0 amide bonds. The van der Waals surface area contributed by atoms with Gasteiger partial charge in [-0.25, -0.2) is 13.4 Å². The molecular weight excluding hydrogens is 379 g/mol. The Morgan fingerprint density at radius 2 is 1.70 bits per heavy atom. The van der Waals surface area contributed by atoms with Crippen molar-refractivity contribution in [2.75, 3.05) is 25.0 Å². The molecule has 5 nitrogen and oxygen atoms in total. The molecule has 1 aliphatic heterocycles. The number of hydrogen-bond donors (Lipinski definition) is 0. The molecule has 1 aliphatic rings. The van der Waals surface area contributed by atoms with Gasteiger partial charge in [0, 0.05) is 32.9 Å². The quantitative estimate of drug-likeness (QED) is 0.772. The van der Waals surface area contributed by atoms with E-state index in [-0.39, 0.29) is 4.90 Å². The van der Waals surface area contributed by atoms with Crippen LogP contribution in [0, 0.1) is 0 Å². The Balaban J connectivity index is 1.69. The first kappa shape index (κ1) is 19.6. The molecule has 1 aromatic heterocycles. The van der Waals surface area contributed by atoms with Gasteiger partial charge in [0.05, 0.1) is 5.56 Å². The van der Waals surface area contributed by atoms with Gasteiger partial charge in [-0.05, 0) is 42.7 Å². The van der Waals surface area contributed by atoms with Crippen LogP contribution in [-0.2, 0) is 22.7 Å². The van der Waals surface area contributed by atoms with Crippen molar-refractivity contribution < 1.29 is 21.6 Å². The van der Waals surface area contributed by atoms with Gasteiger partial charge >= 0.3 is 6.18 Å². The monoisotopic (exact) mass is 399 g/mol. The van der Waals surface area contributed by atoms with E-state index in [9.17, 15) is 21.6 Å². The highest BCUT2D eigenvalue weighted by Gasteiger charge is 2.30. The van der Waals surface area contributed by atoms with Gasteiger partial charge < -0.3 is 4.90 Å². The highest BCUT2D eigenvalue weighted by Crippen LogP contribution is 2.29. The Kier molecular flexibility index (Phi) is 5.43. The lowest BCUT2D eigenvalue weighted by Crippen LogP contribution is -2.28. The van der Waals surface area contributed by atoms with E-state index >= 15 is 0 Å². The fourth-order valence-corrected chi connectivity index (χ4v) is 4.45. The van der Waals surface area contributed by atoms with Gasteiger partial charge in [0.15, 0.2) is 0 Å². The summed E-state index contributed by atoms with van der Waals surface area (Å²) in [5.41, 5.74) is 0.00423. The first-order valence-corrected chi connectivity index (χ1v) is 9.95. The molecule has 0 bridgehead atoms. The van der Waals surface area contributed by atoms with Gasteiger partial charge in [0.1, 0.15) is 10.7 Å². The lowest BCUT2D eigenvalue weighted by Gasteiger charge is -2.20. The number of pyridine rings is 1. The number of aromatic nitrogens is 1. The summed E-state index contributed by atoms with van der Waals surface area (Å²) in [5, 5.41) is 0. The summed E-state index contributed by atoms with van der Waals surface area (Å²) < 4.78 is 64.3. The van der Waals surface area contributed by atoms with Crippen molar-refractivity contribution in [3.8, 4) is 0 Å². The molecule has 0 radical (unpaired) electrons. The number of benzene rings is 1. The Hall–Kier alpha value is -2.13. The summed E-state index contributed by atoms with van der Waals surface area (Å²) in [6.07, 6.45) is -1.31. The van der Waals surface area contributed by atoms with Gasteiger partial charge in [-0.2, -0.15) is 17.5 Å². The number of nitrogens with zero attached hydrogens (tertiary/aromatic N) is 3. The Morgan fingerprint density at radius 3 is 2.22 bits per heavy atom. The third-order valence-electron chi connectivity index (χ3n) is 4.52. The van der Waals surface area contributed by atoms with E-state index in [1.54, 1.807) is 18.0 Å². The van der Waals surface area contributed by atoms with Gasteiger partial charge in [-0.15, -0.1) is 0 Å². The number of sulfonamides is 1. The largest absolute Gasteiger partial charge is 0.416 e. The average Bonchev–Trinajstić information content (AvgIpc) is 3.17. The van der Waals surface area contributed by atoms with Crippen LogP contribution < -0.4 is 4.90 Å². The molecule has 1 fully saturated rings. The normalized spacial score (nSPS) is 15.9. The number of hydrogen-bond acceptors (Lipinski definition) is 4. The van der Waals surface area contributed by atoms with Crippen LogP contribution in [-0.4, -0.2) is 37.8 Å². The Labute approximate surface area is 156 Å². The summed E-state index contributed by atoms with van der Waals surface area (Å²) >= 11 is 0. The molecular formula is C18H20F3N3O2S. The van der Waals surface area contributed by atoms with Crippen molar-refractivity contribution in [3.05, 3.63) is 53.7 Å². The minimum Gasteiger partial charge on any atom is -0.355 e. The van der Waals surface area contributed by atoms with Crippen molar-refractivity contribution in [2.45, 2.75) is 30.5 Å². The highest BCUT2D eigenvalue weighted by atomic mass is 32.2. The predicted molar refractivity (Wildman–Crippen MR) is 95.8 cm³/mol. The summed E-state index contributed by atoms with van der Waals surface area (Å²) in [6, 6.07) is 8.05. The number of alkyl halides is 3. The summed E-state index contributed by atoms with van der Waals surface area (Å²) in [5.74, 6) is 0.537. The van der Waals surface area contributed by atoms with Crippen LogP contribution in [0.2, 0.25) is 0 Å². The smallest absolute Gasteiger partial charge is 0.355 e. The first-order chi connectivity index (χ1) is 12.7. The molecule has 1 saturated heterocycles. The van der Waals surface area contributed by atoms with Gasteiger partial charge in [-0.1, -0.05) is 12.1 Å². The van der Waals surface area contributed by atoms with Crippen molar-refractivity contribution in [3.63, 3.8) is 0 Å². The van der Waals surface area contributed by atoms with Crippen LogP contribution >= 0.6 is 0 Å². The Morgan fingerprint density at radius 1 is 1.07 bits per heavy atom. The topological polar surface area (TPSA) is 53.5 Å². The molecule has 27 heavy (non-hydrogen) atoms. The average molecular weight is 399 g/mol. The van der Waals surface area contributed by atoms with E-state index in [0.717, 1.165) is 25.0 Å². The summed E-state index contributed by atoms with van der Waals surface area (Å²) in [6.45, 7) is 1.40. The maximum absolute atomic E-state index is 12.6. The van der Waals surface area contributed by atoms with Gasteiger partial charge in [0.2, 0.25) is 10.0 Å². The zero-order valence-electron chi connectivity index (χ0n) is 14.8. The van der Waals surface area contributed by atoms with Crippen LogP contribution in [0.3, 0.4) is 0 Å². The Bertz CT molecular complexity index is 876. The van der Waals surface area contributed by atoms with Crippen LogP contribution in [0.1, 0.15) is 24.0 Å². The lowest BCUT2D eigenvalue weighted by atomic mass is 10.1. The zero-order valence-corrected chi connectivity index (χ0v) is 15.6. The number of anilines is 1. The van der Waals surface area contributed by atoms with Gasteiger partial charge in [-0.3, -0.25) is 0 Å². The second-order valence-corrected chi connectivity index (χ2v) is 8.45. The molecule has 2 heterocycles. The molecule has 2 aromatic rings. The van der Waals surface area contributed by atoms with E-state index in [1.165, 1.54) is 28.7 Å². The highest BCUT2D eigenvalue weighted by molar-refractivity contribution is 7.89. The fraction of sp³-hybridized carbons (Fsp3) is 0.389. The molecule has 0 spiro atoms. The van der Waals surface area contributed by atoms with E-state index in [0.29, 0.717) is 31.0 Å². The van der Waals surface area contributed by atoms with E-state index < -0.39 is 21.8 Å². The molecule has 0 N–H and O–H groups in total. The minimum atomic E-state index is -4.36. The molecule has 0 atom stereocenters. The molecule has 1 aromatic carbocycles. The fourth-order valence-electron chi connectivity index (χ4n) is 2.98. The maximum atomic E-state index is 12.6. The van der Waals surface area contributed by atoms with Crippen LogP contribution in [0.15, 0.2) is 47.5 Å². The molecule has 146 valence electrons. The van der Waals surface area contributed by atoms with Crippen LogP contribution in [0.5, 0.6) is 0 Å². The minimum absolute atomic E-state index is 0.149. The SMILES string of the molecule is CN(Cc1ccc(C(F)(F)F)cc1)c1ccc(S(=O)(=O)N2CCCC2)cn1. The van der Waals surface area contributed by atoms with Crippen molar-refractivity contribution in [2.24, 2.45) is 0 Å². The van der Waals surface area contributed by atoms with Crippen molar-refractivity contribution >= 4 is 15.8 Å². The molecule has 0 unspecified atom stereocenters. The third kappa shape index (κ3) is 4.41. The van der Waals surface area contributed by atoms with Crippen molar-refractivity contribution in [1.29, 1.82) is 0 Å². The number of rotatable bonds is 5. The molecule has 3 rings (SSSR count). The zero-order chi connectivity index (χ0) is 19.7. The van der Waals surface area contributed by atoms with Gasteiger partial charge in [0.25, 0.3) is 0 Å². The second kappa shape index (κ2) is 7.47. The van der Waals surface area contributed by atoms with Crippen molar-refractivity contribution in [1.82, 2.24) is 9.29 Å². The molecule has 0 saturated carbocycles. The van der Waals surface area contributed by atoms with E-state index in [4.69, 9.17) is 0 Å². The van der Waals surface area contributed by atoms with E-state index in [1.807, 2.05) is 0 Å². The van der Waals surface area contributed by atoms with Crippen LogP contribution in [0.4, 0.5) is 19.0 Å². The second-order valence-electron chi connectivity index (χ2n) is 6.51. The van der Waals surface area contributed by atoms with E-state index in [2.05, 4.69) is 4.98 Å². The lowest BCUT2D eigenvalue weighted by molar-refractivity contribution is -0.137.